The molecule has 1 N–H and O–H groups in total. The van der Waals surface area contributed by atoms with Gasteiger partial charge < -0.3 is 14.4 Å². The second-order valence-electron chi connectivity index (χ2n) is 5.64. The number of urea groups is 1. The molecule has 0 aliphatic rings. The lowest BCUT2D eigenvalue weighted by Crippen LogP contribution is -2.22. The molecule has 0 fully saturated rings. The third-order valence-electron chi connectivity index (χ3n) is 2.94. The molecule has 0 unspecified atom stereocenters. The van der Waals surface area contributed by atoms with Crippen LogP contribution in [0.4, 0.5) is 29.9 Å². The van der Waals surface area contributed by atoms with Gasteiger partial charge in [-0.15, -0.1) is 0 Å². The molecule has 0 saturated heterocycles. The summed E-state index contributed by atoms with van der Waals surface area (Å²) in [7, 11) is 1.32. The van der Waals surface area contributed by atoms with Crippen molar-refractivity contribution in [3.8, 4) is 6.01 Å². The summed E-state index contributed by atoms with van der Waals surface area (Å²) in [4.78, 5) is 33.9. The molecule has 0 aliphatic carbocycles. The topological polar surface area (TPSA) is 153 Å². The van der Waals surface area contributed by atoms with E-state index in [1.165, 1.54) is 26.1 Å². The van der Waals surface area contributed by atoms with E-state index in [-0.39, 0.29) is 11.9 Å². The molecule has 2 amide bonds. The summed E-state index contributed by atoms with van der Waals surface area (Å²) in [5.41, 5.74) is 0.588. The van der Waals surface area contributed by atoms with E-state index in [0.717, 1.165) is 0 Å². The average Bonchev–Trinajstić information content (AvgIpc) is 2.71. The van der Waals surface area contributed by atoms with E-state index in [2.05, 4.69) is 28.8 Å². The van der Waals surface area contributed by atoms with Gasteiger partial charge in [-0.3, -0.25) is 5.32 Å². The van der Waals surface area contributed by atoms with Gasteiger partial charge in [0.15, 0.2) is 6.61 Å². The average molecular weight is 478 g/mol. The van der Waals surface area contributed by atoms with Crippen LogP contribution >= 0.6 is 0 Å². The lowest BCUT2D eigenvalue weighted by molar-refractivity contribution is -0.154. The Kier molecular flexibility index (Phi) is 9.94. The third-order valence-corrected chi connectivity index (χ3v) is 3.25. The van der Waals surface area contributed by atoms with Gasteiger partial charge in [-0.2, -0.15) is 36.5 Å². The SMILES string of the molecule is CN(C)c1nc(NC(=O)N=S(=O)=O)nc(OCC(F)(F)F)n1.COC(=O)c1ccccc1. The number of halogens is 3. The Bertz CT molecular complexity index is 1060. The Labute approximate surface area is 181 Å². The number of ether oxygens (including phenoxy) is 2. The van der Waals surface area contributed by atoms with E-state index in [1.807, 2.05) is 11.4 Å². The Morgan fingerprint density at radius 3 is 2.25 bits per heavy atom. The predicted octanol–water partition coefficient (Wildman–Crippen LogP) is 1.95. The van der Waals surface area contributed by atoms with Crippen LogP contribution < -0.4 is 15.0 Å². The molecule has 1 heterocycles. The largest absolute Gasteiger partial charge is 0.465 e. The number of anilines is 2. The Hall–Kier alpha value is -3.82. The molecule has 16 heteroatoms. The first-order chi connectivity index (χ1) is 14.9. The number of hydrogen-bond acceptors (Lipinski definition) is 10. The number of aromatic nitrogens is 3. The molecule has 12 nitrogen and oxygen atoms in total. The number of amides is 2. The molecule has 0 aliphatic heterocycles. The number of carbonyl (C=O) groups excluding carboxylic acids is 2. The molecule has 1 aromatic heterocycles. The van der Waals surface area contributed by atoms with Gasteiger partial charge in [-0.25, -0.2) is 9.59 Å². The highest BCUT2D eigenvalue weighted by atomic mass is 32.2. The fourth-order valence-electron chi connectivity index (χ4n) is 1.69. The van der Waals surface area contributed by atoms with E-state index in [0.29, 0.717) is 5.56 Å². The van der Waals surface area contributed by atoms with Crippen LogP contribution in [-0.4, -0.2) is 69.4 Å². The van der Waals surface area contributed by atoms with Crippen molar-refractivity contribution in [2.45, 2.75) is 6.18 Å². The first kappa shape index (κ1) is 26.2. The maximum Gasteiger partial charge on any atom is 0.422 e. The molecule has 2 aromatic rings. The van der Waals surface area contributed by atoms with Crippen LogP contribution in [0.25, 0.3) is 0 Å². The zero-order valence-electron chi connectivity index (χ0n) is 16.8. The zero-order chi connectivity index (χ0) is 24.3. The van der Waals surface area contributed by atoms with Crippen LogP contribution in [0.3, 0.4) is 0 Å². The number of esters is 1. The summed E-state index contributed by atoms with van der Waals surface area (Å²) in [5, 5.41) is 1.86. The number of alkyl halides is 3. The quantitative estimate of drug-likeness (QED) is 0.631. The second kappa shape index (κ2) is 12.1. The molecule has 0 spiro atoms. The maximum absolute atomic E-state index is 12.1. The summed E-state index contributed by atoms with van der Waals surface area (Å²) in [6, 6.07) is 6.85. The Balaban J connectivity index is 0.000000425. The van der Waals surface area contributed by atoms with Gasteiger partial charge in [0.05, 0.1) is 12.7 Å². The van der Waals surface area contributed by atoms with Crippen molar-refractivity contribution >= 4 is 34.4 Å². The normalized spacial score (nSPS) is 10.2. The molecule has 0 bridgehead atoms. The number of methoxy groups -OCH3 is 1. The van der Waals surface area contributed by atoms with Crippen LogP contribution in [0.1, 0.15) is 10.4 Å². The molecule has 32 heavy (non-hydrogen) atoms. The van der Waals surface area contributed by atoms with Gasteiger partial charge in [0.1, 0.15) is 0 Å². The van der Waals surface area contributed by atoms with E-state index < -0.39 is 41.3 Å². The number of hydrogen-bond donors (Lipinski definition) is 1. The van der Waals surface area contributed by atoms with Crippen molar-refractivity contribution in [3.63, 3.8) is 0 Å². The molecule has 1 aromatic carbocycles. The molecule has 0 radical (unpaired) electrons. The van der Waals surface area contributed by atoms with Crippen LogP contribution in [-0.2, 0) is 15.2 Å². The lowest BCUT2D eigenvalue weighted by Gasteiger charge is -2.13. The van der Waals surface area contributed by atoms with E-state index in [9.17, 15) is 31.2 Å². The monoisotopic (exact) mass is 478 g/mol. The van der Waals surface area contributed by atoms with Crippen LogP contribution in [0, 0.1) is 0 Å². The van der Waals surface area contributed by atoms with Crippen LogP contribution in [0.5, 0.6) is 6.01 Å². The number of nitrogens with zero attached hydrogens (tertiary/aromatic N) is 5. The predicted molar refractivity (Wildman–Crippen MR) is 104 cm³/mol. The summed E-state index contributed by atoms with van der Waals surface area (Å²) in [5.74, 6) is -0.929. The van der Waals surface area contributed by atoms with Crippen LogP contribution in [0.2, 0.25) is 0 Å². The molecule has 0 atom stereocenters. The van der Waals surface area contributed by atoms with Gasteiger partial charge in [-0.1, -0.05) is 22.6 Å². The number of carbonyl (C=O) groups is 2. The van der Waals surface area contributed by atoms with Crippen molar-refractivity contribution in [2.75, 3.05) is 38.0 Å². The number of nitrogens with one attached hydrogen (secondary N) is 1. The molecule has 0 saturated carbocycles. The number of benzene rings is 1. The number of rotatable bonds is 5. The molecule has 2 rings (SSSR count). The highest BCUT2D eigenvalue weighted by Gasteiger charge is 2.29. The van der Waals surface area contributed by atoms with Gasteiger partial charge >= 0.3 is 34.7 Å². The first-order valence-corrected chi connectivity index (χ1v) is 9.33. The van der Waals surface area contributed by atoms with Crippen molar-refractivity contribution in [1.82, 2.24) is 15.0 Å². The molecule has 174 valence electrons. The summed E-state index contributed by atoms with van der Waals surface area (Å²) in [6.45, 7) is -1.65. The highest BCUT2D eigenvalue weighted by Crippen LogP contribution is 2.18. The van der Waals surface area contributed by atoms with Crippen LogP contribution in [0.15, 0.2) is 34.7 Å². The van der Waals surface area contributed by atoms with E-state index >= 15 is 0 Å². The van der Waals surface area contributed by atoms with Gasteiger partial charge in [0, 0.05) is 14.1 Å². The molecular formula is C16H17F3N6O6S. The summed E-state index contributed by atoms with van der Waals surface area (Å²) < 4.78 is 68.2. The van der Waals surface area contributed by atoms with Gasteiger partial charge in [0.2, 0.25) is 11.9 Å². The fraction of sp³-hybridized carbons (Fsp3) is 0.312. The third kappa shape index (κ3) is 10.3. The molecular weight excluding hydrogens is 461 g/mol. The Morgan fingerprint density at radius 1 is 1.12 bits per heavy atom. The van der Waals surface area contributed by atoms with E-state index in [4.69, 9.17) is 0 Å². The lowest BCUT2D eigenvalue weighted by atomic mass is 10.2. The van der Waals surface area contributed by atoms with Gasteiger partial charge in [-0.05, 0) is 12.1 Å². The highest BCUT2D eigenvalue weighted by molar-refractivity contribution is 7.62. The maximum atomic E-state index is 12.1. The minimum atomic E-state index is -4.61. The zero-order valence-corrected chi connectivity index (χ0v) is 17.6. The Morgan fingerprint density at radius 2 is 1.75 bits per heavy atom. The summed E-state index contributed by atoms with van der Waals surface area (Å²) >= 11 is 0. The fourth-order valence-corrected chi connectivity index (χ4v) is 1.87. The summed E-state index contributed by atoms with van der Waals surface area (Å²) in [6.07, 6.45) is -4.61. The van der Waals surface area contributed by atoms with Crippen molar-refractivity contribution in [1.29, 1.82) is 0 Å². The standard InChI is InChI=1S/C8H9F3N6O4S.C8H8O2/c1-17(2)5-12-4(13-6(18)16-22(19)20)14-7(15-5)21-3-8(9,10)11;1-10-8(9)7-5-3-2-4-6-7/h3H2,1-2H3,(H,12,13,14,15,18);2-6H,1H3. The first-order valence-electron chi connectivity index (χ1n) is 8.29. The van der Waals surface area contributed by atoms with Crippen molar-refractivity contribution in [3.05, 3.63) is 35.9 Å². The minimum Gasteiger partial charge on any atom is -0.465 e. The van der Waals surface area contributed by atoms with E-state index in [1.54, 1.807) is 24.3 Å². The smallest absolute Gasteiger partial charge is 0.422 e. The van der Waals surface area contributed by atoms with Crippen molar-refractivity contribution < 1.29 is 40.7 Å². The second-order valence-corrected chi connectivity index (χ2v) is 6.25. The van der Waals surface area contributed by atoms with Gasteiger partial charge in [0.25, 0.3) is 0 Å². The van der Waals surface area contributed by atoms with Crippen molar-refractivity contribution in [2.24, 2.45) is 4.36 Å². The minimum absolute atomic E-state index is 0.120.